The zero-order valence-electron chi connectivity index (χ0n) is 6.72. The van der Waals surface area contributed by atoms with Crippen LogP contribution in [0.3, 0.4) is 0 Å². The first-order valence-corrected chi connectivity index (χ1v) is 4.52. The number of carboxylic acids is 1. The maximum atomic E-state index is 13.0. The van der Waals surface area contributed by atoms with Gasteiger partial charge in [0.1, 0.15) is 0 Å². The molecule has 1 saturated carbocycles. The monoisotopic (exact) mass is 266 g/mol. The number of nitrogens with zero attached hydrogens (tertiary/aromatic N) is 1. The third-order valence-corrected chi connectivity index (χ3v) is 2.97. The van der Waals surface area contributed by atoms with E-state index in [-0.39, 0.29) is 10.2 Å². The normalized spacial score (nSPS) is 28.8. The first-order valence-electron chi connectivity index (χ1n) is 3.72. The molecule has 0 saturated heterocycles. The summed E-state index contributed by atoms with van der Waals surface area (Å²) in [5.41, 5.74) is -2.20. The van der Waals surface area contributed by atoms with Gasteiger partial charge in [-0.1, -0.05) is 0 Å². The molecule has 0 spiro atoms. The number of aliphatic carboxylic acids is 1. The van der Waals surface area contributed by atoms with Crippen LogP contribution in [0.4, 0.5) is 8.78 Å². The van der Waals surface area contributed by atoms with E-state index in [9.17, 15) is 13.6 Å². The molecule has 0 amide bonds. The van der Waals surface area contributed by atoms with Crippen molar-refractivity contribution in [3.05, 3.63) is 16.4 Å². The van der Waals surface area contributed by atoms with Crippen LogP contribution in [0.25, 0.3) is 0 Å². The van der Waals surface area contributed by atoms with E-state index in [2.05, 4.69) is 26.1 Å². The summed E-state index contributed by atoms with van der Waals surface area (Å²) in [7, 11) is 0. The molecular formula is C7H5BrF2N2O2. The molecule has 76 valence electrons. The lowest BCUT2D eigenvalue weighted by Gasteiger charge is -2.08. The van der Waals surface area contributed by atoms with Gasteiger partial charge in [0.25, 0.3) is 5.92 Å². The number of carbonyl (C=O) groups is 1. The number of aromatic nitrogens is 2. The van der Waals surface area contributed by atoms with Crippen LogP contribution in [0.5, 0.6) is 0 Å². The Morgan fingerprint density at radius 3 is 2.57 bits per heavy atom. The number of hydrogen-bond acceptors (Lipinski definition) is 2. The number of H-pyrrole nitrogens is 1. The van der Waals surface area contributed by atoms with Gasteiger partial charge in [-0.15, -0.1) is 0 Å². The minimum Gasteiger partial charge on any atom is -0.480 e. The van der Waals surface area contributed by atoms with Crippen LogP contribution >= 0.6 is 15.9 Å². The maximum absolute atomic E-state index is 13.0. The molecule has 0 radical (unpaired) electrons. The van der Waals surface area contributed by atoms with Gasteiger partial charge < -0.3 is 5.11 Å². The van der Waals surface area contributed by atoms with Gasteiger partial charge in [0.2, 0.25) is 0 Å². The van der Waals surface area contributed by atoms with Gasteiger partial charge in [-0.2, -0.15) is 5.10 Å². The van der Waals surface area contributed by atoms with E-state index >= 15 is 0 Å². The summed E-state index contributed by atoms with van der Waals surface area (Å²) in [4.78, 5) is 10.8. The summed E-state index contributed by atoms with van der Waals surface area (Å²) >= 11 is 2.97. The van der Waals surface area contributed by atoms with E-state index in [1.807, 2.05) is 0 Å². The number of rotatable bonds is 2. The zero-order chi connectivity index (χ0) is 10.6. The molecule has 1 aliphatic rings. The van der Waals surface area contributed by atoms with Crippen LogP contribution in [0.2, 0.25) is 0 Å². The van der Waals surface area contributed by atoms with Gasteiger partial charge in [-0.05, 0) is 15.9 Å². The predicted octanol–water partition coefficient (Wildman–Crippen LogP) is 1.53. The number of nitrogens with one attached hydrogen (secondary N) is 1. The Balaban J connectivity index is 2.52. The van der Waals surface area contributed by atoms with Crippen LogP contribution in [0.1, 0.15) is 12.1 Å². The van der Waals surface area contributed by atoms with Crippen molar-refractivity contribution in [2.75, 3.05) is 0 Å². The standard InChI is InChI=1S/C7H5BrF2N2O2/c8-3-1-11-12-4(3)6(5(13)14)2-7(6,9)10/h1H,2H2,(H,11,12)(H,13,14). The Labute approximate surface area is 85.4 Å². The van der Waals surface area contributed by atoms with Crippen molar-refractivity contribution < 1.29 is 18.7 Å². The minimum atomic E-state index is -3.20. The third-order valence-electron chi connectivity index (χ3n) is 2.37. The Morgan fingerprint density at radius 1 is 1.71 bits per heavy atom. The van der Waals surface area contributed by atoms with Crippen LogP contribution < -0.4 is 0 Å². The van der Waals surface area contributed by atoms with Gasteiger partial charge in [-0.3, -0.25) is 9.89 Å². The fourth-order valence-electron chi connectivity index (χ4n) is 1.47. The summed E-state index contributed by atoms with van der Waals surface area (Å²) in [6, 6.07) is 0. The van der Waals surface area contributed by atoms with Crippen molar-refractivity contribution in [1.82, 2.24) is 10.2 Å². The molecule has 0 bridgehead atoms. The van der Waals surface area contributed by atoms with E-state index in [0.29, 0.717) is 0 Å². The van der Waals surface area contributed by atoms with Crippen LogP contribution in [0, 0.1) is 0 Å². The van der Waals surface area contributed by atoms with Crippen molar-refractivity contribution in [3.8, 4) is 0 Å². The molecule has 1 heterocycles. The van der Waals surface area contributed by atoms with Gasteiger partial charge in [0.15, 0.2) is 5.41 Å². The fraction of sp³-hybridized carbons (Fsp3) is 0.429. The van der Waals surface area contributed by atoms with E-state index < -0.39 is 23.7 Å². The van der Waals surface area contributed by atoms with Gasteiger partial charge >= 0.3 is 5.97 Å². The number of halogens is 3. The SMILES string of the molecule is O=C(O)C1(c2[nH]ncc2Br)CC1(F)F. The second-order valence-corrected chi connectivity index (χ2v) is 4.04. The zero-order valence-corrected chi connectivity index (χ0v) is 8.31. The van der Waals surface area contributed by atoms with E-state index in [1.165, 1.54) is 6.20 Å². The molecule has 1 aromatic rings. The van der Waals surface area contributed by atoms with Crippen molar-refractivity contribution in [2.45, 2.75) is 17.8 Å². The highest BCUT2D eigenvalue weighted by Crippen LogP contribution is 2.62. The average Bonchev–Trinajstić information content (AvgIpc) is 2.44. The molecule has 1 fully saturated rings. The van der Waals surface area contributed by atoms with Crippen molar-refractivity contribution >= 4 is 21.9 Å². The predicted molar refractivity (Wildman–Crippen MR) is 45.2 cm³/mol. The molecule has 2 N–H and O–H groups in total. The first kappa shape index (κ1) is 9.57. The van der Waals surface area contributed by atoms with Crippen LogP contribution in [-0.4, -0.2) is 27.2 Å². The van der Waals surface area contributed by atoms with Gasteiger partial charge in [0.05, 0.1) is 16.4 Å². The van der Waals surface area contributed by atoms with E-state index in [1.54, 1.807) is 0 Å². The second-order valence-electron chi connectivity index (χ2n) is 3.18. The highest BCUT2D eigenvalue weighted by Gasteiger charge is 2.78. The van der Waals surface area contributed by atoms with Crippen LogP contribution in [0.15, 0.2) is 10.7 Å². The second kappa shape index (κ2) is 2.53. The Hall–Kier alpha value is -0.980. The highest BCUT2D eigenvalue weighted by molar-refractivity contribution is 9.10. The molecule has 2 rings (SSSR count). The lowest BCUT2D eigenvalue weighted by Crippen LogP contribution is -2.27. The lowest BCUT2D eigenvalue weighted by atomic mass is 10.0. The molecule has 1 aromatic heterocycles. The summed E-state index contributed by atoms with van der Waals surface area (Å²) < 4.78 is 26.3. The summed E-state index contributed by atoms with van der Waals surface area (Å²) in [6.45, 7) is 0. The quantitative estimate of drug-likeness (QED) is 0.854. The Morgan fingerprint density at radius 2 is 2.29 bits per heavy atom. The molecule has 4 nitrogen and oxygen atoms in total. The minimum absolute atomic E-state index is 0.0741. The lowest BCUT2D eigenvalue weighted by molar-refractivity contribution is -0.143. The van der Waals surface area contributed by atoms with Crippen molar-refractivity contribution in [2.24, 2.45) is 0 Å². The highest BCUT2D eigenvalue weighted by atomic mass is 79.9. The first-order chi connectivity index (χ1) is 6.42. The molecule has 14 heavy (non-hydrogen) atoms. The summed E-state index contributed by atoms with van der Waals surface area (Å²) in [5, 5.41) is 14.6. The van der Waals surface area contributed by atoms with Crippen molar-refractivity contribution in [1.29, 1.82) is 0 Å². The van der Waals surface area contributed by atoms with Gasteiger partial charge in [0, 0.05) is 6.42 Å². The summed E-state index contributed by atoms with van der Waals surface area (Å²) in [5.74, 6) is -4.74. The third kappa shape index (κ3) is 0.956. The molecule has 0 aromatic carbocycles. The maximum Gasteiger partial charge on any atom is 0.322 e. The Kier molecular flexibility index (Phi) is 1.73. The van der Waals surface area contributed by atoms with Crippen molar-refractivity contribution in [3.63, 3.8) is 0 Å². The van der Waals surface area contributed by atoms with Crippen LogP contribution in [-0.2, 0) is 10.2 Å². The molecule has 0 aliphatic heterocycles. The van der Waals surface area contributed by atoms with E-state index in [0.717, 1.165) is 0 Å². The molecular weight excluding hydrogens is 262 g/mol. The number of aromatic amines is 1. The van der Waals surface area contributed by atoms with Gasteiger partial charge in [-0.25, -0.2) is 8.78 Å². The molecule has 1 atom stereocenters. The molecule has 1 unspecified atom stereocenters. The largest absolute Gasteiger partial charge is 0.480 e. The topological polar surface area (TPSA) is 66.0 Å². The number of carboxylic acid groups (broad SMARTS) is 1. The fourth-order valence-corrected chi connectivity index (χ4v) is 2.00. The molecule has 1 aliphatic carbocycles. The smallest absolute Gasteiger partial charge is 0.322 e. The number of alkyl halides is 2. The van der Waals surface area contributed by atoms with E-state index in [4.69, 9.17) is 5.11 Å². The Bertz CT molecular complexity index is 406. The number of hydrogen-bond donors (Lipinski definition) is 2. The average molecular weight is 267 g/mol. The molecule has 7 heteroatoms. The summed E-state index contributed by atoms with van der Waals surface area (Å²) in [6.07, 6.45) is 0.574.